The van der Waals surface area contributed by atoms with Crippen LogP contribution in [-0.2, 0) is 28.6 Å². The summed E-state index contributed by atoms with van der Waals surface area (Å²) in [6.45, 7) is 6.42. The Morgan fingerprint density at radius 1 is 0.333 bits per heavy atom. The van der Waals surface area contributed by atoms with Gasteiger partial charge in [0.25, 0.3) is 0 Å². The van der Waals surface area contributed by atoms with Gasteiger partial charge < -0.3 is 14.2 Å². The lowest BCUT2D eigenvalue weighted by Crippen LogP contribution is -2.30. The first-order chi connectivity index (χ1) is 31.0. The average molecular weight is 877 g/mol. The van der Waals surface area contributed by atoms with E-state index in [0.29, 0.717) is 19.3 Å². The minimum Gasteiger partial charge on any atom is -0.462 e. The van der Waals surface area contributed by atoms with Crippen molar-refractivity contribution in [2.24, 2.45) is 0 Å². The van der Waals surface area contributed by atoms with Gasteiger partial charge in [-0.2, -0.15) is 0 Å². The maximum absolute atomic E-state index is 12.8. The summed E-state index contributed by atoms with van der Waals surface area (Å²) in [4.78, 5) is 37.9. The summed E-state index contributed by atoms with van der Waals surface area (Å²) in [7, 11) is 0. The number of carbonyl (C=O) groups excluding carboxylic acids is 3. The Labute approximate surface area is 388 Å². The fraction of sp³-hybridized carbons (Fsp3) is 0.702. The molecule has 0 saturated heterocycles. The first-order valence-corrected chi connectivity index (χ1v) is 26.1. The van der Waals surface area contributed by atoms with E-state index < -0.39 is 12.1 Å². The molecule has 360 valence electrons. The van der Waals surface area contributed by atoms with Gasteiger partial charge in [0.15, 0.2) is 6.10 Å². The fourth-order valence-electron chi connectivity index (χ4n) is 6.98. The molecule has 63 heavy (non-hydrogen) atoms. The quantitative estimate of drug-likeness (QED) is 0.0262. The number of hydrogen-bond donors (Lipinski definition) is 0. The standard InChI is InChI=1S/C57H96O6/c1-4-7-10-13-16-19-22-24-26-27-28-29-31-33-36-39-42-45-48-51-57(60)63-54(52-61-55(58)49-46-43-40-37-34-21-18-15-12-9-6-3)53-62-56(59)50-47-44-41-38-35-32-30-25-23-20-17-14-11-8-5-2/h7,10,15-16,18-19,24,26,28-29,33,36,42,45,54H,4-6,8-9,11-14,17,20-23,25,27,30-32,34-35,37-41,43-44,46-53H2,1-3H3/b10-7-,18-15-,19-16-,26-24-,29-28-,36-33-,45-42-/t54-/m1/s1. The third-order valence-electron chi connectivity index (χ3n) is 10.9. The zero-order valence-corrected chi connectivity index (χ0v) is 41.1. The van der Waals surface area contributed by atoms with Crippen molar-refractivity contribution in [1.82, 2.24) is 0 Å². The minimum absolute atomic E-state index is 0.108. The maximum atomic E-state index is 12.8. The summed E-state index contributed by atoms with van der Waals surface area (Å²) in [6, 6.07) is 0. The topological polar surface area (TPSA) is 78.9 Å². The predicted octanol–water partition coefficient (Wildman–Crippen LogP) is 17.2. The Kier molecular flexibility index (Phi) is 48.5. The number of esters is 3. The van der Waals surface area contributed by atoms with Crippen LogP contribution in [0.2, 0.25) is 0 Å². The van der Waals surface area contributed by atoms with Crippen LogP contribution >= 0.6 is 0 Å². The van der Waals surface area contributed by atoms with Crippen molar-refractivity contribution in [2.45, 2.75) is 245 Å². The van der Waals surface area contributed by atoms with Crippen molar-refractivity contribution in [3.05, 3.63) is 85.1 Å². The molecule has 0 radical (unpaired) electrons. The van der Waals surface area contributed by atoms with E-state index in [0.717, 1.165) is 89.9 Å². The highest BCUT2D eigenvalue weighted by Gasteiger charge is 2.19. The molecule has 0 aromatic heterocycles. The van der Waals surface area contributed by atoms with Gasteiger partial charge in [0.2, 0.25) is 0 Å². The summed E-state index contributed by atoms with van der Waals surface area (Å²) in [5.74, 6) is -1.00. The van der Waals surface area contributed by atoms with Crippen LogP contribution in [0.3, 0.4) is 0 Å². The van der Waals surface area contributed by atoms with Gasteiger partial charge in [0.1, 0.15) is 13.2 Å². The van der Waals surface area contributed by atoms with Gasteiger partial charge in [-0.3, -0.25) is 14.4 Å². The Balaban J connectivity index is 4.49. The SMILES string of the molecule is CC/C=C\C/C=C\C/C=C\C/C=C\C/C=C\C/C=C\CCC(=O)O[C@H](COC(=O)CCCCCCC/C=C\CCCC)COC(=O)CCCCCCCCCCCCCCCCC. The molecule has 0 aromatic rings. The van der Waals surface area contributed by atoms with Crippen LogP contribution < -0.4 is 0 Å². The molecule has 0 unspecified atom stereocenters. The molecule has 0 spiro atoms. The first kappa shape index (κ1) is 59.6. The van der Waals surface area contributed by atoms with Crippen LogP contribution in [0.1, 0.15) is 239 Å². The normalized spacial score (nSPS) is 12.7. The van der Waals surface area contributed by atoms with E-state index in [1.165, 1.54) is 103 Å². The van der Waals surface area contributed by atoms with Crippen LogP contribution in [-0.4, -0.2) is 37.2 Å². The van der Waals surface area contributed by atoms with E-state index in [1.54, 1.807) is 0 Å². The zero-order valence-electron chi connectivity index (χ0n) is 41.1. The summed E-state index contributed by atoms with van der Waals surface area (Å²) in [5, 5.41) is 0. The third-order valence-corrected chi connectivity index (χ3v) is 10.9. The van der Waals surface area contributed by atoms with Gasteiger partial charge in [0, 0.05) is 19.3 Å². The molecule has 6 heteroatoms. The van der Waals surface area contributed by atoms with E-state index in [1.807, 2.05) is 12.2 Å². The number of unbranched alkanes of at least 4 members (excludes halogenated alkanes) is 21. The molecular weight excluding hydrogens is 781 g/mol. The smallest absolute Gasteiger partial charge is 0.306 e. The van der Waals surface area contributed by atoms with Crippen LogP contribution in [0.15, 0.2) is 85.1 Å². The molecular formula is C57H96O6. The second kappa shape index (κ2) is 51.2. The van der Waals surface area contributed by atoms with Gasteiger partial charge in [-0.05, 0) is 77.0 Å². The lowest BCUT2D eigenvalue weighted by atomic mass is 10.0. The lowest BCUT2D eigenvalue weighted by molar-refractivity contribution is -0.166. The highest BCUT2D eigenvalue weighted by molar-refractivity contribution is 5.71. The Bertz CT molecular complexity index is 1240. The monoisotopic (exact) mass is 877 g/mol. The first-order valence-electron chi connectivity index (χ1n) is 26.1. The zero-order chi connectivity index (χ0) is 45.8. The molecule has 0 rings (SSSR count). The highest BCUT2D eigenvalue weighted by Crippen LogP contribution is 2.15. The van der Waals surface area contributed by atoms with Gasteiger partial charge in [0.05, 0.1) is 0 Å². The molecule has 6 nitrogen and oxygen atoms in total. The second-order valence-corrected chi connectivity index (χ2v) is 17.1. The number of ether oxygens (including phenoxy) is 3. The molecule has 0 heterocycles. The molecule has 0 N–H and O–H groups in total. The van der Waals surface area contributed by atoms with E-state index in [4.69, 9.17) is 14.2 Å². The summed E-state index contributed by atoms with van der Waals surface area (Å²) >= 11 is 0. The van der Waals surface area contributed by atoms with Crippen molar-refractivity contribution < 1.29 is 28.6 Å². The fourth-order valence-corrected chi connectivity index (χ4v) is 6.98. The Hall–Kier alpha value is -3.41. The van der Waals surface area contributed by atoms with Gasteiger partial charge >= 0.3 is 17.9 Å². The summed E-state index contributed by atoms with van der Waals surface area (Å²) < 4.78 is 16.7. The predicted molar refractivity (Wildman–Crippen MR) is 270 cm³/mol. The Morgan fingerprint density at radius 2 is 0.667 bits per heavy atom. The Morgan fingerprint density at radius 3 is 1.08 bits per heavy atom. The molecule has 0 aromatic carbocycles. The van der Waals surface area contributed by atoms with Crippen LogP contribution in [0, 0.1) is 0 Å². The van der Waals surface area contributed by atoms with Crippen LogP contribution in [0.25, 0.3) is 0 Å². The average Bonchev–Trinajstić information content (AvgIpc) is 3.28. The third kappa shape index (κ3) is 49.5. The van der Waals surface area contributed by atoms with Crippen molar-refractivity contribution in [3.63, 3.8) is 0 Å². The van der Waals surface area contributed by atoms with E-state index in [-0.39, 0.29) is 31.6 Å². The van der Waals surface area contributed by atoms with Crippen molar-refractivity contribution >= 4 is 17.9 Å². The summed E-state index contributed by atoms with van der Waals surface area (Å²) in [6.07, 6.45) is 65.8. The molecule has 1 atom stereocenters. The molecule has 0 aliphatic carbocycles. The number of allylic oxidation sites excluding steroid dienone is 14. The van der Waals surface area contributed by atoms with Gasteiger partial charge in [-0.15, -0.1) is 0 Å². The highest BCUT2D eigenvalue weighted by atomic mass is 16.6. The number of rotatable bonds is 46. The van der Waals surface area contributed by atoms with Crippen molar-refractivity contribution in [1.29, 1.82) is 0 Å². The molecule has 0 aliphatic heterocycles. The second-order valence-electron chi connectivity index (χ2n) is 17.1. The van der Waals surface area contributed by atoms with E-state index >= 15 is 0 Å². The van der Waals surface area contributed by atoms with E-state index in [2.05, 4.69) is 93.7 Å². The molecule has 0 amide bonds. The largest absolute Gasteiger partial charge is 0.462 e. The lowest BCUT2D eigenvalue weighted by Gasteiger charge is -2.18. The number of hydrogen-bond acceptors (Lipinski definition) is 6. The molecule has 0 bridgehead atoms. The van der Waals surface area contributed by atoms with Crippen LogP contribution in [0.4, 0.5) is 0 Å². The van der Waals surface area contributed by atoms with Crippen LogP contribution in [0.5, 0.6) is 0 Å². The van der Waals surface area contributed by atoms with Crippen molar-refractivity contribution in [2.75, 3.05) is 13.2 Å². The molecule has 0 aliphatic rings. The van der Waals surface area contributed by atoms with Gasteiger partial charge in [-0.1, -0.05) is 228 Å². The van der Waals surface area contributed by atoms with Crippen molar-refractivity contribution in [3.8, 4) is 0 Å². The minimum atomic E-state index is -0.817. The maximum Gasteiger partial charge on any atom is 0.306 e. The number of carbonyl (C=O) groups is 3. The van der Waals surface area contributed by atoms with Gasteiger partial charge in [-0.25, -0.2) is 0 Å². The molecule has 0 fully saturated rings. The molecule has 0 saturated carbocycles. The van der Waals surface area contributed by atoms with E-state index in [9.17, 15) is 14.4 Å². The summed E-state index contributed by atoms with van der Waals surface area (Å²) in [5.41, 5.74) is 0.